The molecule has 1 saturated heterocycles. The topological polar surface area (TPSA) is 64.1 Å². The molecule has 0 saturated carbocycles. The number of nitrogens with zero attached hydrogens (tertiary/aromatic N) is 1. The van der Waals surface area contributed by atoms with Gasteiger partial charge < -0.3 is 24.8 Å². The van der Waals surface area contributed by atoms with Crippen LogP contribution < -0.4 is 20.1 Å². The largest absolute Gasteiger partial charge is 0.491 e. The van der Waals surface area contributed by atoms with Crippen LogP contribution in [0.4, 0.5) is 0 Å². The van der Waals surface area contributed by atoms with Gasteiger partial charge in [0.1, 0.15) is 17.6 Å². The minimum atomic E-state index is 0. The van der Waals surface area contributed by atoms with Gasteiger partial charge in [-0.1, -0.05) is 24.3 Å². The second-order valence-electron chi connectivity index (χ2n) is 7.80. The number of guanidine groups is 1. The summed E-state index contributed by atoms with van der Waals surface area (Å²) in [6.07, 6.45) is 1.24. The van der Waals surface area contributed by atoms with E-state index in [2.05, 4.69) is 52.9 Å². The van der Waals surface area contributed by atoms with Crippen LogP contribution >= 0.6 is 24.0 Å². The second kappa shape index (κ2) is 12.8. The van der Waals surface area contributed by atoms with Gasteiger partial charge in [0.25, 0.3) is 0 Å². The van der Waals surface area contributed by atoms with Crippen molar-refractivity contribution in [1.29, 1.82) is 0 Å². The molecule has 3 rings (SSSR count). The third-order valence-electron chi connectivity index (χ3n) is 4.83. The number of benzene rings is 2. The summed E-state index contributed by atoms with van der Waals surface area (Å²) in [6, 6.07) is 14.4. The lowest BCUT2D eigenvalue weighted by Crippen LogP contribution is -2.36. The maximum atomic E-state index is 6.18. The van der Waals surface area contributed by atoms with Crippen molar-refractivity contribution in [2.45, 2.75) is 52.5 Å². The third-order valence-corrected chi connectivity index (χ3v) is 4.83. The number of rotatable bonds is 8. The van der Waals surface area contributed by atoms with Crippen LogP contribution in [0.1, 0.15) is 37.0 Å². The predicted octanol–water partition coefficient (Wildman–Crippen LogP) is 4.43. The summed E-state index contributed by atoms with van der Waals surface area (Å²) in [4.78, 5) is 4.33. The molecule has 2 aromatic rings. The number of hydrogen-bond donors (Lipinski definition) is 2. The van der Waals surface area contributed by atoms with Crippen LogP contribution in [-0.4, -0.2) is 38.4 Å². The van der Waals surface area contributed by atoms with Crippen molar-refractivity contribution in [3.05, 3.63) is 59.2 Å². The molecule has 2 N–H and O–H groups in total. The van der Waals surface area contributed by atoms with Crippen molar-refractivity contribution < 1.29 is 14.2 Å². The molecule has 1 heterocycles. The Labute approximate surface area is 202 Å². The fourth-order valence-electron chi connectivity index (χ4n) is 3.25. The van der Waals surface area contributed by atoms with E-state index in [0.29, 0.717) is 19.7 Å². The zero-order valence-corrected chi connectivity index (χ0v) is 21.1. The number of aliphatic imine (C=N–C) groups is 1. The van der Waals surface area contributed by atoms with Gasteiger partial charge in [0, 0.05) is 32.1 Å². The minimum Gasteiger partial charge on any atom is -0.491 e. The van der Waals surface area contributed by atoms with Gasteiger partial charge in [-0.25, -0.2) is 0 Å². The van der Waals surface area contributed by atoms with E-state index in [4.69, 9.17) is 14.2 Å². The highest BCUT2D eigenvalue weighted by Gasteiger charge is 2.18. The van der Waals surface area contributed by atoms with Crippen LogP contribution in [0.3, 0.4) is 0 Å². The van der Waals surface area contributed by atoms with Crippen molar-refractivity contribution >= 4 is 29.9 Å². The maximum Gasteiger partial charge on any atom is 0.191 e. The maximum absolute atomic E-state index is 6.18. The Morgan fingerprint density at radius 1 is 1.13 bits per heavy atom. The quantitative estimate of drug-likeness (QED) is 0.295. The van der Waals surface area contributed by atoms with Crippen molar-refractivity contribution in [1.82, 2.24) is 10.6 Å². The van der Waals surface area contributed by atoms with E-state index in [1.165, 1.54) is 5.56 Å². The predicted molar refractivity (Wildman–Crippen MR) is 136 cm³/mol. The molecule has 0 spiro atoms. The van der Waals surface area contributed by atoms with Gasteiger partial charge in [-0.05, 0) is 50.1 Å². The number of ether oxygens (including phenoxy) is 3. The van der Waals surface area contributed by atoms with Gasteiger partial charge in [-0.15, -0.1) is 24.0 Å². The first kappa shape index (κ1) is 25.3. The van der Waals surface area contributed by atoms with Gasteiger partial charge in [-0.2, -0.15) is 0 Å². The fourth-order valence-corrected chi connectivity index (χ4v) is 3.25. The van der Waals surface area contributed by atoms with Gasteiger partial charge >= 0.3 is 0 Å². The standard InChI is InChI=1S/C24H33N3O3.HI/c1-17(2)29-21-9-6-19(7-10-21)14-26-24(25-4)27-15-20-8-5-18(3)13-23(20)30-22-11-12-28-16-22;/h5-10,13,17,22H,11-12,14-16H2,1-4H3,(H2,25,26,27);1H. The van der Waals surface area contributed by atoms with E-state index < -0.39 is 0 Å². The summed E-state index contributed by atoms with van der Waals surface area (Å²) in [5.74, 6) is 2.54. The van der Waals surface area contributed by atoms with Crippen LogP contribution in [0.25, 0.3) is 0 Å². The molecule has 1 aliphatic rings. The second-order valence-corrected chi connectivity index (χ2v) is 7.80. The van der Waals surface area contributed by atoms with Crippen LogP contribution in [0.5, 0.6) is 11.5 Å². The summed E-state index contributed by atoms with van der Waals surface area (Å²) < 4.78 is 17.3. The Morgan fingerprint density at radius 2 is 1.87 bits per heavy atom. The molecule has 2 aromatic carbocycles. The molecule has 170 valence electrons. The third kappa shape index (κ3) is 8.22. The fraction of sp³-hybridized carbons (Fsp3) is 0.458. The van der Waals surface area contributed by atoms with E-state index in [1.54, 1.807) is 7.05 Å². The molecule has 0 radical (unpaired) electrons. The van der Waals surface area contributed by atoms with E-state index >= 15 is 0 Å². The highest BCUT2D eigenvalue weighted by Crippen LogP contribution is 2.23. The van der Waals surface area contributed by atoms with Crippen LogP contribution in [0.2, 0.25) is 0 Å². The summed E-state index contributed by atoms with van der Waals surface area (Å²) in [5.41, 5.74) is 3.44. The van der Waals surface area contributed by atoms with Gasteiger partial charge in [0.2, 0.25) is 0 Å². The van der Waals surface area contributed by atoms with E-state index in [-0.39, 0.29) is 36.2 Å². The van der Waals surface area contributed by atoms with Gasteiger partial charge in [0.15, 0.2) is 5.96 Å². The minimum absolute atomic E-state index is 0. The lowest BCUT2D eigenvalue weighted by Gasteiger charge is -2.18. The van der Waals surface area contributed by atoms with Crippen molar-refractivity contribution in [3.8, 4) is 11.5 Å². The molecule has 0 aliphatic carbocycles. The average molecular weight is 539 g/mol. The molecule has 1 fully saturated rings. The van der Waals surface area contributed by atoms with Crippen LogP contribution in [0.15, 0.2) is 47.5 Å². The van der Waals surface area contributed by atoms with E-state index in [1.807, 2.05) is 26.0 Å². The molecule has 1 unspecified atom stereocenters. The first-order valence-corrected chi connectivity index (χ1v) is 10.6. The summed E-state index contributed by atoms with van der Waals surface area (Å²) >= 11 is 0. The first-order chi connectivity index (χ1) is 14.5. The molecule has 1 atom stereocenters. The van der Waals surface area contributed by atoms with E-state index in [9.17, 15) is 0 Å². The van der Waals surface area contributed by atoms with Crippen LogP contribution in [-0.2, 0) is 17.8 Å². The lowest BCUT2D eigenvalue weighted by atomic mass is 10.1. The Hall–Kier alpha value is -2.00. The highest BCUT2D eigenvalue weighted by molar-refractivity contribution is 14.0. The Bertz CT molecular complexity index is 834. The molecule has 7 heteroatoms. The molecule has 0 bridgehead atoms. The monoisotopic (exact) mass is 539 g/mol. The van der Waals surface area contributed by atoms with Gasteiger partial charge in [-0.3, -0.25) is 4.99 Å². The Balaban J connectivity index is 0.00000341. The molecule has 6 nitrogen and oxygen atoms in total. The normalized spacial score (nSPS) is 16.0. The highest BCUT2D eigenvalue weighted by atomic mass is 127. The number of nitrogens with one attached hydrogen (secondary N) is 2. The molecule has 31 heavy (non-hydrogen) atoms. The summed E-state index contributed by atoms with van der Waals surface area (Å²) in [7, 11) is 1.78. The van der Waals surface area contributed by atoms with Crippen LogP contribution in [0, 0.1) is 6.92 Å². The molecular formula is C24H34IN3O3. The summed E-state index contributed by atoms with van der Waals surface area (Å²) in [5, 5.41) is 6.74. The van der Waals surface area contributed by atoms with Crippen molar-refractivity contribution in [2.24, 2.45) is 4.99 Å². The zero-order valence-electron chi connectivity index (χ0n) is 18.8. The number of aryl methyl sites for hydroxylation is 1. The van der Waals surface area contributed by atoms with Gasteiger partial charge in [0.05, 0.1) is 19.3 Å². The lowest BCUT2D eigenvalue weighted by molar-refractivity contribution is 0.140. The summed E-state index contributed by atoms with van der Waals surface area (Å²) in [6.45, 7) is 8.86. The number of halogens is 1. The van der Waals surface area contributed by atoms with E-state index in [0.717, 1.165) is 41.6 Å². The molecule has 1 aliphatic heterocycles. The smallest absolute Gasteiger partial charge is 0.191 e. The molecular weight excluding hydrogens is 505 g/mol. The molecule has 0 aromatic heterocycles. The Morgan fingerprint density at radius 3 is 2.52 bits per heavy atom. The first-order valence-electron chi connectivity index (χ1n) is 10.6. The Kier molecular flexibility index (Phi) is 10.4. The number of hydrogen-bond acceptors (Lipinski definition) is 4. The van der Waals surface area contributed by atoms with Crippen molar-refractivity contribution in [3.63, 3.8) is 0 Å². The SMILES string of the molecule is CN=C(NCc1ccc(OC(C)C)cc1)NCc1ccc(C)cc1OC1CCOC1.I. The average Bonchev–Trinajstić information content (AvgIpc) is 3.23. The zero-order chi connectivity index (χ0) is 21.3. The molecule has 0 amide bonds. The van der Waals surface area contributed by atoms with Crippen molar-refractivity contribution in [2.75, 3.05) is 20.3 Å².